The molecule has 0 aliphatic carbocycles. The van der Waals surface area contributed by atoms with E-state index in [2.05, 4.69) is 5.32 Å². The van der Waals surface area contributed by atoms with E-state index in [4.69, 9.17) is 10.5 Å². The van der Waals surface area contributed by atoms with E-state index < -0.39 is 9.84 Å². The fourth-order valence-corrected chi connectivity index (χ4v) is 1.85. The molecule has 100 valence electrons. The van der Waals surface area contributed by atoms with Crippen LogP contribution < -0.4 is 15.8 Å². The molecule has 0 saturated heterocycles. The number of rotatable bonds is 5. The van der Waals surface area contributed by atoms with Crippen molar-refractivity contribution >= 4 is 27.1 Å². The van der Waals surface area contributed by atoms with E-state index in [-0.39, 0.29) is 18.1 Å². The third-order valence-corrected chi connectivity index (χ3v) is 3.16. The third kappa shape index (κ3) is 4.62. The molecule has 0 radical (unpaired) electrons. The normalized spacial score (nSPS) is 11.0. The maximum absolute atomic E-state index is 11.5. The van der Waals surface area contributed by atoms with E-state index in [0.29, 0.717) is 17.1 Å². The van der Waals surface area contributed by atoms with E-state index in [1.807, 2.05) is 0 Å². The van der Waals surface area contributed by atoms with Gasteiger partial charge in [-0.2, -0.15) is 0 Å². The number of anilines is 2. The van der Waals surface area contributed by atoms with Gasteiger partial charge < -0.3 is 15.8 Å². The molecule has 0 unspecified atom stereocenters. The Labute approximate surface area is 106 Å². The number of nitrogens with one attached hydrogen (secondary N) is 1. The Bertz CT molecular complexity index is 540. The van der Waals surface area contributed by atoms with Crippen molar-refractivity contribution in [3.63, 3.8) is 0 Å². The molecule has 0 aliphatic rings. The minimum atomic E-state index is -3.14. The van der Waals surface area contributed by atoms with Crippen LogP contribution in [0.1, 0.15) is 6.42 Å². The lowest BCUT2D eigenvalue weighted by atomic mass is 10.2. The predicted octanol–water partition coefficient (Wildman–Crippen LogP) is 0.651. The lowest BCUT2D eigenvalue weighted by Gasteiger charge is -2.08. The Morgan fingerprint density at radius 2 is 2.11 bits per heavy atom. The monoisotopic (exact) mass is 272 g/mol. The van der Waals surface area contributed by atoms with Crippen LogP contribution >= 0.6 is 0 Å². The van der Waals surface area contributed by atoms with E-state index >= 15 is 0 Å². The van der Waals surface area contributed by atoms with Gasteiger partial charge in [0.1, 0.15) is 15.6 Å². The summed E-state index contributed by atoms with van der Waals surface area (Å²) in [6, 6.07) is 4.80. The van der Waals surface area contributed by atoms with Crippen LogP contribution in [-0.4, -0.2) is 33.4 Å². The summed E-state index contributed by atoms with van der Waals surface area (Å²) in [7, 11) is -1.66. The van der Waals surface area contributed by atoms with Gasteiger partial charge in [-0.05, 0) is 12.1 Å². The van der Waals surface area contributed by atoms with Gasteiger partial charge in [-0.25, -0.2) is 8.42 Å². The summed E-state index contributed by atoms with van der Waals surface area (Å²) in [6.07, 6.45) is 1.01. The molecule has 6 nitrogen and oxygen atoms in total. The van der Waals surface area contributed by atoms with Crippen molar-refractivity contribution in [1.82, 2.24) is 0 Å². The lowest BCUT2D eigenvalue weighted by Crippen LogP contribution is -2.16. The molecule has 1 aromatic carbocycles. The fourth-order valence-electron chi connectivity index (χ4n) is 1.29. The number of amides is 1. The standard InChI is InChI=1S/C11H16N2O4S/c1-17-10-7-8(3-4-9(10)12)13-11(14)5-6-18(2,15)16/h3-4,7H,5-6,12H2,1-2H3,(H,13,14). The molecular formula is C11H16N2O4S. The number of ether oxygens (including phenoxy) is 1. The Morgan fingerprint density at radius 1 is 1.44 bits per heavy atom. The van der Waals surface area contributed by atoms with Gasteiger partial charge in [-0.15, -0.1) is 0 Å². The number of hydrogen-bond donors (Lipinski definition) is 2. The first-order valence-electron chi connectivity index (χ1n) is 5.23. The zero-order valence-corrected chi connectivity index (χ0v) is 11.1. The first-order chi connectivity index (χ1) is 8.31. The van der Waals surface area contributed by atoms with Crippen molar-refractivity contribution in [1.29, 1.82) is 0 Å². The zero-order valence-electron chi connectivity index (χ0n) is 10.3. The molecule has 0 fully saturated rings. The Kier molecular flexibility index (Phi) is 4.55. The number of methoxy groups -OCH3 is 1. The number of nitrogens with two attached hydrogens (primary N) is 1. The highest BCUT2D eigenvalue weighted by atomic mass is 32.2. The van der Waals surface area contributed by atoms with Crippen molar-refractivity contribution in [2.75, 3.05) is 30.2 Å². The van der Waals surface area contributed by atoms with Crippen LogP contribution in [0.15, 0.2) is 18.2 Å². The van der Waals surface area contributed by atoms with Gasteiger partial charge in [0.2, 0.25) is 5.91 Å². The number of benzene rings is 1. The average Bonchev–Trinajstić information content (AvgIpc) is 2.28. The maximum Gasteiger partial charge on any atom is 0.225 e. The second-order valence-corrected chi connectivity index (χ2v) is 6.14. The molecule has 3 N–H and O–H groups in total. The minimum Gasteiger partial charge on any atom is -0.495 e. The zero-order chi connectivity index (χ0) is 13.8. The van der Waals surface area contributed by atoms with E-state index in [1.165, 1.54) is 7.11 Å². The summed E-state index contributed by atoms with van der Waals surface area (Å²) in [5.74, 6) is -0.0894. The van der Waals surface area contributed by atoms with Crippen LogP contribution in [0.3, 0.4) is 0 Å². The van der Waals surface area contributed by atoms with Crippen LogP contribution in [-0.2, 0) is 14.6 Å². The molecule has 0 aliphatic heterocycles. The number of sulfone groups is 1. The molecular weight excluding hydrogens is 256 g/mol. The van der Waals surface area contributed by atoms with Gasteiger partial charge in [-0.3, -0.25) is 4.79 Å². The van der Waals surface area contributed by atoms with Crippen molar-refractivity contribution in [3.8, 4) is 5.75 Å². The summed E-state index contributed by atoms with van der Waals surface area (Å²) in [4.78, 5) is 11.5. The van der Waals surface area contributed by atoms with Gasteiger partial charge in [0.05, 0.1) is 18.6 Å². The highest BCUT2D eigenvalue weighted by Gasteiger charge is 2.09. The van der Waals surface area contributed by atoms with E-state index in [0.717, 1.165) is 6.26 Å². The molecule has 1 amide bonds. The maximum atomic E-state index is 11.5. The molecule has 0 atom stereocenters. The Morgan fingerprint density at radius 3 is 2.67 bits per heavy atom. The van der Waals surface area contributed by atoms with Gasteiger partial charge in [-0.1, -0.05) is 0 Å². The van der Waals surface area contributed by atoms with Crippen LogP contribution in [0.5, 0.6) is 5.75 Å². The molecule has 7 heteroatoms. The first-order valence-corrected chi connectivity index (χ1v) is 7.29. The average molecular weight is 272 g/mol. The van der Waals surface area contributed by atoms with Gasteiger partial charge >= 0.3 is 0 Å². The van der Waals surface area contributed by atoms with Crippen LogP contribution in [0.2, 0.25) is 0 Å². The molecule has 0 spiro atoms. The second kappa shape index (κ2) is 5.72. The molecule has 0 heterocycles. The topological polar surface area (TPSA) is 98.5 Å². The van der Waals surface area contributed by atoms with E-state index in [9.17, 15) is 13.2 Å². The van der Waals surface area contributed by atoms with Crippen LogP contribution in [0.4, 0.5) is 11.4 Å². The predicted molar refractivity (Wildman–Crippen MR) is 70.4 cm³/mol. The highest BCUT2D eigenvalue weighted by molar-refractivity contribution is 7.90. The number of nitrogen functional groups attached to an aromatic ring is 1. The SMILES string of the molecule is COc1cc(NC(=O)CCS(C)(=O)=O)ccc1N. The summed E-state index contributed by atoms with van der Waals surface area (Å²) in [6.45, 7) is 0. The quantitative estimate of drug-likeness (QED) is 0.767. The number of hydrogen-bond acceptors (Lipinski definition) is 5. The Hall–Kier alpha value is -1.76. The first kappa shape index (κ1) is 14.3. The summed E-state index contributed by atoms with van der Waals surface area (Å²) in [5, 5.41) is 2.58. The molecule has 1 rings (SSSR count). The van der Waals surface area contributed by atoms with Crippen molar-refractivity contribution < 1.29 is 17.9 Å². The second-order valence-electron chi connectivity index (χ2n) is 3.88. The van der Waals surface area contributed by atoms with Gasteiger partial charge in [0, 0.05) is 24.4 Å². The third-order valence-electron chi connectivity index (χ3n) is 2.22. The van der Waals surface area contributed by atoms with Crippen molar-refractivity contribution in [3.05, 3.63) is 18.2 Å². The van der Waals surface area contributed by atoms with Crippen molar-refractivity contribution in [2.24, 2.45) is 0 Å². The summed E-state index contributed by atoms with van der Waals surface area (Å²) < 4.78 is 26.8. The lowest BCUT2D eigenvalue weighted by molar-refractivity contribution is -0.115. The van der Waals surface area contributed by atoms with E-state index in [1.54, 1.807) is 18.2 Å². The number of carbonyl (C=O) groups is 1. The molecule has 0 saturated carbocycles. The molecule has 0 bridgehead atoms. The van der Waals surface area contributed by atoms with Gasteiger partial charge in [0.15, 0.2) is 0 Å². The minimum absolute atomic E-state index is 0.0779. The van der Waals surface area contributed by atoms with Crippen LogP contribution in [0, 0.1) is 0 Å². The smallest absolute Gasteiger partial charge is 0.225 e. The molecule has 1 aromatic rings. The van der Waals surface area contributed by atoms with Crippen molar-refractivity contribution in [2.45, 2.75) is 6.42 Å². The summed E-state index contributed by atoms with van der Waals surface area (Å²) in [5.41, 5.74) is 6.61. The van der Waals surface area contributed by atoms with Crippen LogP contribution in [0.25, 0.3) is 0 Å². The van der Waals surface area contributed by atoms with Gasteiger partial charge in [0.25, 0.3) is 0 Å². The largest absolute Gasteiger partial charge is 0.495 e. The summed E-state index contributed by atoms with van der Waals surface area (Å²) >= 11 is 0. The highest BCUT2D eigenvalue weighted by Crippen LogP contribution is 2.24. The fraction of sp³-hybridized carbons (Fsp3) is 0.364. The number of carbonyl (C=O) groups excluding carboxylic acids is 1. The Balaban J connectivity index is 2.65. The molecule has 18 heavy (non-hydrogen) atoms. The molecule has 0 aromatic heterocycles.